The van der Waals surface area contributed by atoms with E-state index in [1.165, 1.54) is 40.8 Å². The number of hydrogen-bond donors (Lipinski definition) is 2. The Kier molecular flexibility index (Phi) is 5.84. The standard InChI is InChI=1S/C27H21Cl2NO4/c28-19-12-20(29)14-21(13-19)30-24(17-6-3-7-22(31)11-17)23(26(33)27(30)34)25(32)18-9-8-15-4-1-2-5-16(15)10-18/h3,6-14,24,31-32H,1-2,4-5H2/b25-23-. The first-order chi connectivity index (χ1) is 16.3. The lowest BCUT2D eigenvalue weighted by Crippen LogP contribution is -2.29. The number of carbonyl (C=O) groups excluding carboxylic acids is 2. The van der Waals surface area contributed by atoms with Crippen LogP contribution in [0.5, 0.6) is 5.75 Å². The summed E-state index contributed by atoms with van der Waals surface area (Å²) in [4.78, 5) is 27.8. The Morgan fingerprint density at radius 1 is 0.882 bits per heavy atom. The lowest BCUT2D eigenvalue weighted by atomic mass is 9.88. The minimum Gasteiger partial charge on any atom is -0.508 e. The fourth-order valence-corrected chi connectivity index (χ4v) is 5.34. The predicted molar refractivity (Wildman–Crippen MR) is 132 cm³/mol. The van der Waals surface area contributed by atoms with Crippen molar-refractivity contribution in [1.82, 2.24) is 0 Å². The van der Waals surface area contributed by atoms with Crippen molar-refractivity contribution in [1.29, 1.82) is 0 Å². The van der Waals surface area contributed by atoms with Crippen LogP contribution in [0, 0.1) is 0 Å². The lowest BCUT2D eigenvalue weighted by molar-refractivity contribution is -0.132. The van der Waals surface area contributed by atoms with Gasteiger partial charge in [-0.1, -0.05) is 47.5 Å². The molecule has 1 saturated heterocycles. The molecular weight excluding hydrogens is 473 g/mol. The van der Waals surface area contributed by atoms with Crippen LogP contribution in [-0.4, -0.2) is 21.9 Å². The van der Waals surface area contributed by atoms with Gasteiger partial charge in [0, 0.05) is 21.3 Å². The quantitative estimate of drug-likeness (QED) is 0.258. The second kappa shape index (κ2) is 8.82. The summed E-state index contributed by atoms with van der Waals surface area (Å²) in [7, 11) is 0. The maximum atomic E-state index is 13.3. The van der Waals surface area contributed by atoms with E-state index in [0.29, 0.717) is 26.9 Å². The summed E-state index contributed by atoms with van der Waals surface area (Å²) in [6.07, 6.45) is 4.09. The van der Waals surface area contributed by atoms with Crippen LogP contribution in [0.15, 0.2) is 66.2 Å². The van der Waals surface area contributed by atoms with Crippen LogP contribution in [-0.2, 0) is 22.4 Å². The van der Waals surface area contributed by atoms with Gasteiger partial charge in [0.25, 0.3) is 11.7 Å². The van der Waals surface area contributed by atoms with E-state index < -0.39 is 17.7 Å². The number of benzene rings is 3. The van der Waals surface area contributed by atoms with Crippen LogP contribution in [0.3, 0.4) is 0 Å². The van der Waals surface area contributed by atoms with Crippen molar-refractivity contribution in [3.05, 3.63) is 98.5 Å². The number of halogens is 2. The summed E-state index contributed by atoms with van der Waals surface area (Å²) >= 11 is 12.4. The third kappa shape index (κ3) is 3.95. The van der Waals surface area contributed by atoms with E-state index in [1.807, 2.05) is 12.1 Å². The number of ketones is 1. The topological polar surface area (TPSA) is 77.8 Å². The van der Waals surface area contributed by atoms with Crippen molar-refractivity contribution in [2.24, 2.45) is 0 Å². The fourth-order valence-electron chi connectivity index (χ4n) is 4.82. The molecule has 34 heavy (non-hydrogen) atoms. The number of anilines is 1. The van der Waals surface area contributed by atoms with Crippen molar-refractivity contribution in [3.8, 4) is 5.75 Å². The molecule has 1 unspecified atom stereocenters. The van der Waals surface area contributed by atoms with Gasteiger partial charge in [0.2, 0.25) is 0 Å². The molecule has 0 radical (unpaired) electrons. The minimum absolute atomic E-state index is 0.0269. The number of aromatic hydroxyl groups is 1. The van der Waals surface area contributed by atoms with Crippen molar-refractivity contribution >= 4 is 46.3 Å². The number of phenols is 1. The number of aryl methyl sites for hydroxylation is 2. The lowest BCUT2D eigenvalue weighted by Gasteiger charge is -2.26. The SMILES string of the molecule is O=C1C(=O)N(c2cc(Cl)cc(Cl)c2)C(c2cccc(O)c2)/C1=C(/O)c1ccc2c(c1)CCCC2. The normalized spacial score (nSPS) is 19.4. The Balaban J connectivity index is 1.72. The monoisotopic (exact) mass is 493 g/mol. The fraction of sp³-hybridized carbons (Fsp3) is 0.185. The number of amides is 1. The third-order valence-electron chi connectivity index (χ3n) is 6.38. The Morgan fingerprint density at radius 3 is 2.29 bits per heavy atom. The number of phenolic OH excluding ortho intramolecular Hbond substituents is 1. The maximum Gasteiger partial charge on any atom is 0.300 e. The number of carbonyl (C=O) groups is 2. The van der Waals surface area contributed by atoms with E-state index in [1.54, 1.807) is 18.2 Å². The number of Topliss-reactive ketones (excluding diaryl/α,β-unsaturated/α-hetero) is 1. The van der Waals surface area contributed by atoms with Gasteiger partial charge in [0.05, 0.1) is 11.6 Å². The Hall–Kier alpha value is -3.28. The molecule has 1 amide bonds. The molecule has 0 bridgehead atoms. The third-order valence-corrected chi connectivity index (χ3v) is 6.81. The molecule has 3 aromatic rings. The van der Waals surface area contributed by atoms with Gasteiger partial charge >= 0.3 is 0 Å². The summed E-state index contributed by atoms with van der Waals surface area (Å²) in [6, 6.07) is 15.5. The zero-order valence-corrected chi connectivity index (χ0v) is 19.6. The molecule has 172 valence electrons. The smallest absolute Gasteiger partial charge is 0.300 e. The average molecular weight is 494 g/mol. The first kappa shape index (κ1) is 22.5. The molecule has 1 heterocycles. The molecule has 0 saturated carbocycles. The minimum atomic E-state index is -0.974. The van der Waals surface area contributed by atoms with E-state index in [9.17, 15) is 19.8 Å². The first-order valence-electron chi connectivity index (χ1n) is 11.0. The summed E-state index contributed by atoms with van der Waals surface area (Å²) in [5, 5.41) is 22.1. The number of fused-ring (bicyclic) bond motifs is 1. The molecule has 1 atom stereocenters. The zero-order chi connectivity index (χ0) is 24.0. The van der Waals surface area contributed by atoms with Crippen molar-refractivity contribution in [2.45, 2.75) is 31.7 Å². The van der Waals surface area contributed by atoms with Gasteiger partial charge in [-0.2, -0.15) is 0 Å². The highest BCUT2D eigenvalue weighted by Gasteiger charge is 2.47. The first-order valence-corrected chi connectivity index (χ1v) is 11.8. The average Bonchev–Trinajstić information content (AvgIpc) is 3.08. The Morgan fingerprint density at radius 2 is 1.59 bits per heavy atom. The maximum absolute atomic E-state index is 13.3. The molecule has 1 fully saturated rings. The van der Waals surface area contributed by atoms with E-state index in [4.69, 9.17) is 23.2 Å². The molecule has 5 rings (SSSR count). The van der Waals surface area contributed by atoms with Gasteiger partial charge in [0.15, 0.2) is 0 Å². The second-order valence-electron chi connectivity index (χ2n) is 8.58. The molecule has 2 aliphatic rings. The highest BCUT2D eigenvalue weighted by molar-refractivity contribution is 6.52. The van der Waals surface area contributed by atoms with Crippen LogP contribution in [0.4, 0.5) is 5.69 Å². The van der Waals surface area contributed by atoms with Crippen LogP contribution in [0.1, 0.15) is 41.1 Å². The summed E-state index contributed by atoms with van der Waals surface area (Å²) < 4.78 is 0. The highest BCUT2D eigenvalue weighted by atomic mass is 35.5. The van der Waals surface area contributed by atoms with Gasteiger partial charge in [-0.25, -0.2) is 0 Å². The summed E-state index contributed by atoms with van der Waals surface area (Å²) in [5.74, 6) is -1.91. The van der Waals surface area contributed by atoms with Crippen LogP contribution in [0.2, 0.25) is 10.0 Å². The van der Waals surface area contributed by atoms with Gasteiger partial charge in [-0.3, -0.25) is 14.5 Å². The molecule has 7 heteroatoms. The van der Waals surface area contributed by atoms with E-state index in [2.05, 4.69) is 0 Å². The van der Waals surface area contributed by atoms with E-state index in [-0.39, 0.29) is 17.1 Å². The molecule has 0 spiro atoms. The van der Waals surface area contributed by atoms with Crippen molar-refractivity contribution in [3.63, 3.8) is 0 Å². The number of aliphatic hydroxyl groups excluding tert-OH is 1. The van der Waals surface area contributed by atoms with Crippen LogP contribution in [0.25, 0.3) is 5.76 Å². The molecule has 0 aromatic heterocycles. The zero-order valence-electron chi connectivity index (χ0n) is 18.1. The molecule has 1 aliphatic carbocycles. The second-order valence-corrected chi connectivity index (χ2v) is 9.46. The molecule has 1 aliphatic heterocycles. The van der Waals surface area contributed by atoms with Gasteiger partial charge in [0.1, 0.15) is 11.5 Å². The molecule has 2 N–H and O–H groups in total. The van der Waals surface area contributed by atoms with Crippen LogP contribution < -0.4 is 4.90 Å². The molecule has 3 aromatic carbocycles. The largest absolute Gasteiger partial charge is 0.508 e. The number of aliphatic hydroxyl groups is 1. The molecule has 5 nitrogen and oxygen atoms in total. The predicted octanol–water partition coefficient (Wildman–Crippen LogP) is 6.20. The van der Waals surface area contributed by atoms with Gasteiger partial charge in [-0.15, -0.1) is 0 Å². The van der Waals surface area contributed by atoms with E-state index >= 15 is 0 Å². The van der Waals surface area contributed by atoms with Gasteiger partial charge < -0.3 is 10.2 Å². The highest BCUT2D eigenvalue weighted by Crippen LogP contribution is 2.44. The summed E-state index contributed by atoms with van der Waals surface area (Å²) in [6.45, 7) is 0. The number of nitrogens with zero attached hydrogens (tertiary/aromatic N) is 1. The van der Waals surface area contributed by atoms with Gasteiger partial charge in [-0.05, 0) is 78.8 Å². The van der Waals surface area contributed by atoms with E-state index in [0.717, 1.165) is 31.2 Å². The number of hydrogen-bond acceptors (Lipinski definition) is 4. The summed E-state index contributed by atoms with van der Waals surface area (Å²) in [5.41, 5.74) is 3.59. The Bertz CT molecular complexity index is 1340. The van der Waals surface area contributed by atoms with Crippen LogP contribution >= 0.6 is 23.2 Å². The molecular formula is C27H21Cl2NO4. The van der Waals surface area contributed by atoms with Crippen molar-refractivity contribution < 1.29 is 19.8 Å². The van der Waals surface area contributed by atoms with Crippen molar-refractivity contribution in [2.75, 3.05) is 4.90 Å². The Labute approximate surface area is 206 Å². The number of rotatable bonds is 3.